The topological polar surface area (TPSA) is 97.7 Å². The number of aromatic amines is 1. The third-order valence-electron chi connectivity index (χ3n) is 5.48. The highest BCUT2D eigenvalue weighted by atomic mass is 16.6. The van der Waals surface area contributed by atoms with Gasteiger partial charge in [0.2, 0.25) is 0 Å². The van der Waals surface area contributed by atoms with E-state index in [1.807, 2.05) is 57.4 Å². The highest BCUT2D eigenvalue weighted by Gasteiger charge is 2.25. The van der Waals surface area contributed by atoms with Crippen LogP contribution in [0.4, 0.5) is 4.79 Å². The van der Waals surface area contributed by atoms with Gasteiger partial charge in [-0.15, -0.1) is 0 Å². The number of alkyl carbamates (subject to hydrolysis) is 1. The Morgan fingerprint density at radius 3 is 2.40 bits per heavy atom. The van der Waals surface area contributed by atoms with E-state index >= 15 is 0 Å². The molecule has 8 nitrogen and oxygen atoms in total. The van der Waals surface area contributed by atoms with Crippen molar-refractivity contribution in [3.63, 3.8) is 0 Å². The van der Waals surface area contributed by atoms with Gasteiger partial charge in [0.05, 0.1) is 17.9 Å². The second-order valence-electron chi connectivity index (χ2n) is 9.43. The maximum atomic E-state index is 12.7. The molecule has 0 saturated carbocycles. The van der Waals surface area contributed by atoms with E-state index in [4.69, 9.17) is 9.72 Å². The highest BCUT2D eigenvalue weighted by Crippen LogP contribution is 2.28. The second kappa shape index (κ2) is 10.5. The molecule has 35 heavy (non-hydrogen) atoms. The summed E-state index contributed by atoms with van der Waals surface area (Å²) in [6, 6.07) is 11.8. The zero-order valence-electron chi connectivity index (χ0n) is 20.7. The maximum absolute atomic E-state index is 12.7. The van der Waals surface area contributed by atoms with Crippen LogP contribution in [0.1, 0.15) is 51.5 Å². The van der Waals surface area contributed by atoms with Crippen molar-refractivity contribution < 1.29 is 9.53 Å². The molecule has 3 heterocycles. The molecule has 1 amide bonds. The van der Waals surface area contributed by atoms with Crippen molar-refractivity contribution in [3.8, 4) is 22.6 Å². The van der Waals surface area contributed by atoms with Gasteiger partial charge in [-0.05, 0) is 50.5 Å². The fraction of sp³-hybridized carbons (Fsp3) is 0.333. The summed E-state index contributed by atoms with van der Waals surface area (Å²) in [5.74, 6) is 1.62. The first kappa shape index (κ1) is 24.2. The van der Waals surface area contributed by atoms with Crippen LogP contribution in [0.2, 0.25) is 0 Å². The Kier molecular flexibility index (Phi) is 7.29. The predicted octanol–water partition coefficient (Wildman–Crippen LogP) is 5.55. The number of H-pyrrole nitrogens is 1. The number of pyridine rings is 1. The zero-order valence-corrected chi connectivity index (χ0v) is 20.7. The van der Waals surface area contributed by atoms with Gasteiger partial charge in [-0.3, -0.25) is 4.98 Å². The molecule has 0 spiro atoms. The van der Waals surface area contributed by atoms with Crippen molar-refractivity contribution >= 4 is 6.09 Å². The van der Waals surface area contributed by atoms with E-state index in [9.17, 15) is 4.79 Å². The van der Waals surface area contributed by atoms with Crippen LogP contribution in [0.15, 0.2) is 67.4 Å². The van der Waals surface area contributed by atoms with Crippen LogP contribution in [0.3, 0.4) is 0 Å². The quantitative estimate of drug-likeness (QED) is 0.350. The van der Waals surface area contributed by atoms with Gasteiger partial charge < -0.3 is 19.6 Å². The summed E-state index contributed by atoms with van der Waals surface area (Å²) < 4.78 is 7.74. The maximum Gasteiger partial charge on any atom is 0.408 e. The number of carbonyl (C=O) groups is 1. The number of amides is 1. The number of imidazole rings is 2. The first-order valence-electron chi connectivity index (χ1n) is 11.9. The molecule has 0 fully saturated rings. The van der Waals surface area contributed by atoms with Crippen LogP contribution >= 0.6 is 0 Å². The third kappa shape index (κ3) is 6.15. The van der Waals surface area contributed by atoms with E-state index in [2.05, 4.69) is 43.9 Å². The average molecular weight is 473 g/mol. The largest absolute Gasteiger partial charge is 0.444 e. The summed E-state index contributed by atoms with van der Waals surface area (Å²) in [5.41, 5.74) is 3.52. The minimum Gasteiger partial charge on any atom is -0.444 e. The Morgan fingerprint density at radius 2 is 1.77 bits per heavy atom. The second-order valence-corrected chi connectivity index (χ2v) is 9.43. The van der Waals surface area contributed by atoms with E-state index in [0.29, 0.717) is 6.42 Å². The van der Waals surface area contributed by atoms with Gasteiger partial charge in [-0.25, -0.2) is 14.8 Å². The third-order valence-corrected chi connectivity index (χ3v) is 5.48. The fourth-order valence-corrected chi connectivity index (χ4v) is 3.99. The Bertz CT molecular complexity index is 1230. The molecule has 3 aromatic heterocycles. The standard InChI is InChI=1S/C27H32N6O2/c1-5-16-33-23(20-6-8-21(9-7-20)24-29-14-15-30-24)18-31-25(33)22(17-19-10-12-28-13-11-19)32-26(34)35-27(2,3)4/h6-15,18,22H,5,16-17H2,1-4H3,(H,29,30)(H,32,34). The summed E-state index contributed by atoms with van der Waals surface area (Å²) in [5, 5.41) is 3.05. The lowest BCUT2D eigenvalue weighted by molar-refractivity contribution is 0.0500. The number of ether oxygens (including phenoxy) is 1. The molecule has 4 aromatic rings. The molecule has 0 saturated heterocycles. The van der Waals surface area contributed by atoms with Crippen LogP contribution in [0.5, 0.6) is 0 Å². The Balaban J connectivity index is 1.67. The van der Waals surface area contributed by atoms with Crippen LogP contribution < -0.4 is 5.32 Å². The molecule has 0 radical (unpaired) electrons. The number of hydrogen-bond donors (Lipinski definition) is 2. The number of carbonyl (C=O) groups excluding carboxylic acids is 1. The molecule has 4 rings (SSSR count). The van der Waals surface area contributed by atoms with E-state index in [1.54, 1.807) is 18.6 Å². The number of benzene rings is 1. The van der Waals surface area contributed by atoms with E-state index < -0.39 is 11.7 Å². The molecule has 1 aromatic carbocycles. The SMILES string of the molecule is CCCn1c(-c2ccc(-c3ncc[nH]3)cc2)cnc1C(Cc1ccncc1)NC(=O)OC(C)(C)C. The first-order valence-corrected chi connectivity index (χ1v) is 11.9. The Labute approximate surface area is 205 Å². The van der Waals surface area contributed by atoms with Crippen molar-refractivity contribution in [1.82, 2.24) is 29.8 Å². The summed E-state index contributed by atoms with van der Waals surface area (Å²) in [7, 11) is 0. The molecule has 1 unspecified atom stereocenters. The molecule has 0 aliphatic carbocycles. The number of aromatic nitrogens is 5. The Hall–Kier alpha value is -3.94. The molecular formula is C27H32N6O2. The monoisotopic (exact) mass is 472 g/mol. The van der Waals surface area contributed by atoms with Gasteiger partial charge in [0.15, 0.2) is 0 Å². The van der Waals surface area contributed by atoms with E-state index in [1.165, 1.54) is 0 Å². The molecule has 182 valence electrons. The smallest absolute Gasteiger partial charge is 0.408 e. The molecule has 1 atom stereocenters. The summed E-state index contributed by atoms with van der Waals surface area (Å²) in [6.45, 7) is 8.47. The lowest BCUT2D eigenvalue weighted by atomic mass is 10.1. The van der Waals surface area contributed by atoms with Gasteiger partial charge in [0, 0.05) is 43.3 Å². The number of rotatable bonds is 8. The number of nitrogens with one attached hydrogen (secondary N) is 2. The van der Waals surface area contributed by atoms with Crippen LogP contribution in [0, 0.1) is 0 Å². The lowest BCUT2D eigenvalue weighted by Crippen LogP contribution is -2.37. The zero-order chi connectivity index (χ0) is 24.8. The molecule has 8 heteroatoms. The molecule has 0 aliphatic heterocycles. The van der Waals surface area contributed by atoms with Crippen LogP contribution in [-0.4, -0.2) is 36.2 Å². The predicted molar refractivity (Wildman–Crippen MR) is 136 cm³/mol. The van der Waals surface area contributed by atoms with E-state index in [-0.39, 0.29) is 6.04 Å². The fourth-order valence-electron chi connectivity index (χ4n) is 3.99. The molecular weight excluding hydrogens is 440 g/mol. The van der Waals surface area contributed by atoms with Crippen molar-refractivity contribution in [2.45, 2.75) is 58.7 Å². The Morgan fingerprint density at radius 1 is 1.06 bits per heavy atom. The van der Waals surface area contributed by atoms with Gasteiger partial charge in [-0.1, -0.05) is 31.2 Å². The number of nitrogens with zero attached hydrogens (tertiary/aromatic N) is 4. The summed E-state index contributed by atoms with van der Waals surface area (Å²) >= 11 is 0. The van der Waals surface area contributed by atoms with Gasteiger partial charge in [0.1, 0.15) is 17.2 Å². The van der Waals surface area contributed by atoms with Crippen molar-refractivity contribution in [2.75, 3.05) is 0 Å². The van der Waals surface area contributed by atoms with Gasteiger partial charge >= 0.3 is 6.09 Å². The van der Waals surface area contributed by atoms with Crippen molar-refractivity contribution in [2.24, 2.45) is 0 Å². The lowest BCUT2D eigenvalue weighted by Gasteiger charge is -2.24. The highest BCUT2D eigenvalue weighted by molar-refractivity contribution is 5.69. The molecule has 2 N–H and O–H groups in total. The van der Waals surface area contributed by atoms with Crippen LogP contribution in [0.25, 0.3) is 22.6 Å². The van der Waals surface area contributed by atoms with Gasteiger partial charge in [-0.2, -0.15) is 0 Å². The van der Waals surface area contributed by atoms with Gasteiger partial charge in [0.25, 0.3) is 0 Å². The minimum atomic E-state index is -0.592. The molecule has 0 bridgehead atoms. The number of hydrogen-bond acceptors (Lipinski definition) is 5. The summed E-state index contributed by atoms with van der Waals surface area (Å²) in [4.78, 5) is 29.1. The van der Waals surface area contributed by atoms with Crippen molar-refractivity contribution in [1.29, 1.82) is 0 Å². The average Bonchev–Trinajstić information content (AvgIpc) is 3.49. The van der Waals surface area contributed by atoms with Crippen molar-refractivity contribution in [3.05, 3.63) is 78.8 Å². The normalized spacial score (nSPS) is 12.3. The first-order chi connectivity index (χ1) is 16.8. The minimum absolute atomic E-state index is 0.366. The summed E-state index contributed by atoms with van der Waals surface area (Å²) in [6.07, 6.45) is 9.97. The molecule has 0 aliphatic rings. The van der Waals surface area contributed by atoms with E-state index in [0.717, 1.165) is 47.0 Å². The van der Waals surface area contributed by atoms with Crippen LogP contribution in [-0.2, 0) is 17.7 Å².